The Bertz CT molecular complexity index is 273. The maximum Gasteiger partial charge on any atom is 0.0328 e. The molecule has 0 spiro atoms. The van der Waals surface area contributed by atoms with Crippen molar-refractivity contribution in [3.05, 3.63) is 0 Å². The molecule has 2 saturated carbocycles. The SMILES string of the molecule is CCCC1CCCC(CN)(N(C)CC2CCCC2)CC1. The van der Waals surface area contributed by atoms with Gasteiger partial charge >= 0.3 is 0 Å². The molecular weight excluding hydrogens is 244 g/mol. The zero-order chi connectivity index (χ0) is 14.4. The molecule has 0 radical (unpaired) electrons. The fourth-order valence-corrected chi connectivity index (χ4v) is 4.67. The summed E-state index contributed by atoms with van der Waals surface area (Å²) in [6.07, 6.45) is 15.5. The van der Waals surface area contributed by atoms with Crippen LogP contribution < -0.4 is 5.73 Å². The molecule has 0 heterocycles. The summed E-state index contributed by atoms with van der Waals surface area (Å²) in [6.45, 7) is 4.47. The topological polar surface area (TPSA) is 29.3 Å². The summed E-state index contributed by atoms with van der Waals surface area (Å²) in [6, 6.07) is 0. The number of hydrogen-bond acceptors (Lipinski definition) is 2. The summed E-state index contributed by atoms with van der Waals surface area (Å²) in [5.41, 5.74) is 6.57. The van der Waals surface area contributed by atoms with Gasteiger partial charge in [-0.1, -0.05) is 45.4 Å². The molecule has 2 fully saturated rings. The summed E-state index contributed by atoms with van der Waals surface area (Å²) in [5, 5.41) is 0. The van der Waals surface area contributed by atoms with E-state index in [1.807, 2.05) is 0 Å². The summed E-state index contributed by atoms with van der Waals surface area (Å²) in [7, 11) is 2.35. The van der Waals surface area contributed by atoms with E-state index in [0.717, 1.165) is 18.4 Å². The monoisotopic (exact) mass is 280 g/mol. The van der Waals surface area contributed by atoms with Crippen molar-refractivity contribution in [3.63, 3.8) is 0 Å². The van der Waals surface area contributed by atoms with Crippen molar-refractivity contribution in [2.45, 2.75) is 83.1 Å². The van der Waals surface area contributed by atoms with Gasteiger partial charge in [-0.15, -0.1) is 0 Å². The first-order valence-corrected chi connectivity index (χ1v) is 9.11. The molecule has 0 amide bonds. The third-order valence-electron chi connectivity index (χ3n) is 6.17. The van der Waals surface area contributed by atoms with Crippen LogP contribution in [0.15, 0.2) is 0 Å². The third kappa shape index (κ3) is 3.98. The number of rotatable bonds is 6. The fraction of sp³-hybridized carbons (Fsp3) is 1.00. The largest absolute Gasteiger partial charge is 0.329 e. The first kappa shape index (κ1) is 16.3. The lowest BCUT2D eigenvalue weighted by atomic mass is 9.86. The van der Waals surface area contributed by atoms with Gasteiger partial charge in [0.2, 0.25) is 0 Å². The average molecular weight is 280 g/mol. The lowest BCUT2D eigenvalue weighted by molar-refractivity contribution is 0.0886. The Balaban J connectivity index is 1.93. The van der Waals surface area contributed by atoms with Gasteiger partial charge in [-0.05, 0) is 51.0 Å². The Morgan fingerprint density at radius 2 is 1.70 bits per heavy atom. The zero-order valence-electron chi connectivity index (χ0n) is 13.9. The van der Waals surface area contributed by atoms with Crippen LogP contribution in [0.2, 0.25) is 0 Å². The zero-order valence-corrected chi connectivity index (χ0v) is 13.9. The second kappa shape index (κ2) is 7.79. The van der Waals surface area contributed by atoms with Crippen LogP contribution >= 0.6 is 0 Å². The van der Waals surface area contributed by atoms with Gasteiger partial charge in [0.05, 0.1) is 0 Å². The fourth-order valence-electron chi connectivity index (χ4n) is 4.67. The van der Waals surface area contributed by atoms with Crippen molar-refractivity contribution in [1.82, 2.24) is 4.90 Å². The molecule has 2 heteroatoms. The van der Waals surface area contributed by atoms with Gasteiger partial charge in [-0.2, -0.15) is 0 Å². The van der Waals surface area contributed by atoms with Crippen molar-refractivity contribution in [2.24, 2.45) is 17.6 Å². The minimum atomic E-state index is 0.311. The van der Waals surface area contributed by atoms with Gasteiger partial charge in [0.15, 0.2) is 0 Å². The van der Waals surface area contributed by atoms with Crippen molar-refractivity contribution in [1.29, 1.82) is 0 Å². The lowest BCUT2D eigenvalue weighted by Gasteiger charge is -2.42. The van der Waals surface area contributed by atoms with Crippen molar-refractivity contribution >= 4 is 0 Å². The smallest absolute Gasteiger partial charge is 0.0328 e. The summed E-state index contributed by atoms with van der Waals surface area (Å²) < 4.78 is 0. The molecule has 0 bridgehead atoms. The normalized spacial score (nSPS) is 32.7. The first-order valence-electron chi connectivity index (χ1n) is 9.11. The lowest BCUT2D eigenvalue weighted by Crippen LogP contribution is -2.53. The first-order chi connectivity index (χ1) is 9.70. The third-order valence-corrected chi connectivity index (χ3v) is 6.17. The molecule has 2 aliphatic carbocycles. The highest BCUT2D eigenvalue weighted by atomic mass is 15.2. The standard InChI is InChI=1S/C18H36N2/c1-3-7-16-10-6-12-18(15-19,13-11-16)20(2)14-17-8-4-5-9-17/h16-17H,3-15,19H2,1-2H3. The molecule has 0 aliphatic heterocycles. The summed E-state index contributed by atoms with van der Waals surface area (Å²) in [4.78, 5) is 2.66. The van der Waals surface area contributed by atoms with Gasteiger partial charge in [-0.25, -0.2) is 0 Å². The van der Waals surface area contributed by atoms with Crippen LogP contribution in [-0.4, -0.2) is 30.6 Å². The molecule has 0 aromatic carbocycles. The number of likely N-dealkylation sites (N-methyl/N-ethyl adjacent to an activating group) is 1. The maximum absolute atomic E-state index is 6.26. The van der Waals surface area contributed by atoms with E-state index in [-0.39, 0.29) is 0 Å². The second-order valence-corrected chi connectivity index (χ2v) is 7.55. The van der Waals surface area contributed by atoms with Crippen LogP contribution in [0.4, 0.5) is 0 Å². The molecule has 118 valence electrons. The van der Waals surface area contributed by atoms with Crippen LogP contribution in [-0.2, 0) is 0 Å². The molecule has 2 atom stereocenters. The van der Waals surface area contributed by atoms with E-state index in [0.29, 0.717) is 5.54 Å². The van der Waals surface area contributed by atoms with Gasteiger partial charge in [0.1, 0.15) is 0 Å². The van der Waals surface area contributed by atoms with Crippen LogP contribution in [0.3, 0.4) is 0 Å². The molecule has 2 rings (SSSR count). The molecule has 2 unspecified atom stereocenters. The predicted molar refractivity (Wildman–Crippen MR) is 87.9 cm³/mol. The van der Waals surface area contributed by atoms with Crippen LogP contribution in [0.5, 0.6) is 0 Å². The molecule has 2 nitrogen and oxygen atoms in total. The highest BCUT2D eigenvalue weighted by molar-refractivity contribution is 4.94. The quantitative estimate of drug-likeness (QED) is 0.739. The molecule has 20 heavy (non-hydrogen) atoms. The van der Waals surface area contributed by atoms with E-state index < -0.39 is 0 Å². The molecule has 0 aromatic heterocycles. The van der Waals surface area contributed by atoms with Crippen molar-refractivity contribution in [3.8, 4) is 0 Å². The Labute approximate surface area is 126 Å². The van der Waals surface area contributed by atoms with E-state index >= 15 is 0 Å². The van der Waals surface area contributed by atoms with Crippen molar-refractivity contribution in [2.75, 3.05) is 20.1 Å². The van der Waals surface area contributed by atoms with Gasteiger partial charge in [-0.3, -0.25) is 4.90 Å². The Kier molecular flexibility index (Phi) is 6.35. The summed E-state index contributed by atoms with van der Waals surface area (Å²) >= 11 is 0. The highest BCUT2D eigenvalue weighted by Crippen LogP contribution is 2.37. The maximum atomic E-state index is 6.26. The van der Waals surface area contributed by atoms with Crippen LogP contribution in [0, 0.1) is 11.8 Å². The van der Waals surface area contributed by atoms with Gasteiger partial charge in [0.25, 0.3) is 0 Å². The number of hydrogen-bond donors (Lipinski definition) is 1. The van der Waals surface area contributed by atoms with Gasteiger partial charge in [0, 0.05) is 18.6 Å². The van der Waals surface area contributed by atoms with E-state index in [1.54, 1.807) is 0 Å². The molecule has 2 N–H and O–H groups in total. The minimum Gasteiger partial charge on any atom is -0.329 e. The second-order valence-electron chi connectivity index (χ2n) is 7.55. The Hall–Kier alpha value is -0.0800. The molecule has 2 aliphatic rings. The molecule has 0 saturated heterocycles. The Morgan fingerprint density at radius 1 is 1.00 bits per heavy atom. The van der Waals surface area contributed by atoms with Crippen LogP contribution in [0.1, 0.15) is 77.6 Å². The van der Waals surface area contributed by atoms with Gasteiger partial charge < -0.3 is 5.73 Å². The van der Waals surface area contributed by atoms with Crippen molar-refractivity contribution < 1.29 is 0 Å². The number of nitrogens with zero attached hydrogens (tertiary/aromatic N) is 1. The molecular formula is C18H36N2. The van der Waals surface area contributed by atoms with E-state index in [1.165, 1.54) is 77.2 Å². The highest BCUT2D eigenvalue weighted by Gasteiger charge is 2.36. The van der Waals surface area contributed by atoms with E-state index in [9.17, 15) is 0 Å². The van der Waals surface area contributed by atoms with E-state index in [4.69, 9.17) is 5.73 Å². The predicted octanol–water partition coefficient (Wildman–Crippen LogP) is 4.19. The summed E-state index contributed by atoms with van der Waals surface area (Å²) in [5.74, 6) is 1.91. The average Bonchev–Trinajstić information content (AvgIpc) is 2.86. The minimum absolute atomic E-state index is 0.311. The Morgan fingerprint density at radius 3 is 2.35 bits per heavy atom. The molecule has 0 aromatic rings. The number of nitrogens with two attached hydrogens (primary N) is 1. The van der Waals surface area contributed by atoms with E-state index in [2.05, 4.69) is 18.9 Å². The van der Waals surface area contributed by atoms with Crippen LogP contribution in [0.25, 0.3) is 0 Å².